The van der Waals surface area contributed by atoms with Gasteiger partial charge in [-0.2, -0.15) is 16.6 Å². The molecule has 5 heteroatoms. The highest BCUT2D eigenvalue weighted by atomic mass is 32.2. The molecular formula is C11H13N3OS. The molecule has 1 aliphatic rings. The lowest BCUT2D eigenvalue weighted by atomic mass is 10.3. The van der Waals surface area contributed by atoms with E-state index in [4.69, 9.17) is 0 Å². The lowest BCUT2D eigenvalue weighted by Gasteiger charge is -2.29. The van der Waals surface area contributed by atoms with Crippen LogP contribution in [0.25, 0.3) is 10.9 Å². The van der Waals surface area contributed by atoms with Gasteiger partial charge in [-0.05, 0) is 12.1 Å². The van der Waals surface area contributed by atoms with Gasteiger partial charge in [-0.15, -0.1) is 0 Å². The molecule has 1 fully saturated rings. The second-order valence-corrected chi connectivity index (χ2v) is 5.06. The zero-order chi connectivity index (χ0) is 11.0. The lowest BCUT2D eigenvalue weighted by Crippen LogP contribution is -2.42. The zero-order valence-corrected chi connectivity index (χ0v) is 9.67. The van der Waals surface area contributed by atoms with E-state index in [0.717, 1.165) is 35.5 Å². The Morgan fingerprint density at radius 2 is 1.94 bits per heavy atom. The number of aromatic amines is 1. The average Bonchev–Trinajstić information content (AvgIpc) is 2.69. The summed E-state index contributed by atoms with van der Waals surface area (Å²) in [5.74, 6) is 2.24. The second-order valence-electron chi connectivity index (χ2n) is 3.84. The highest BCUT2D eigenvalue weighted by Gasteiger charge is 2.14. The van der Waals surface area contributed by atoms with Crippen molar-refractivity contribution in [1.82, 2.24) is 9.89 Å². The lowest BCUT2D eigenvalue weighted by molar-refractivity contribution is 0.567. The van der Waals surface area contributed by atoms with Crippen LogP contribution in [0.5, 0.6) is 0 Å². The maximum Gasteiger partial charge on any atom is 0.273 e. The van der Waals surface area contributed by atoms with Crippen LogP contribution in [0.15, 0.2) is 29.1 Å². The summed E-state index contributed by atoms with van der Waals surface area (Å²) in [6.07, 6.45) is 0. The summed E-state index contributed by atoms with van der Waals surface area (Å²) in [7, 11) is 0. The Bertz CT molecular complexity index is 554. The second kappa shape index (κ2) is 3.90. The van der Waals surface area contributed by atoms with Crippen molar-refractivity contribution >= 4 is 22.7 Å². The number of rotatable bonds is 1. The first-order chi connectivity index (χ1) is 7.86. The van der Waals surface area contributed by atoms with Gasteiger partial charge in [0.2, 0.25) is 0 Å². The first kappa shape index (κ1) is 9.84. The Kier molecular flexibility index (Phi) is 2.40. The van der Waals surface area contributed by atoms with Gasteiger partial charge >= 0.3 is 0 Å². The molecule has 1 aliphatic heterocycles. The van der Waals surface area contributed by atoms with Crippen LogP contribution in [0.2, 0.25) is 0 Å². The van der Waals surface area contributed by atoms with Gasteiger partial charge in [-0.25, -0.2) is 5.10 Å². The van der Waals surface area contributed by atoms with Gasteiger partial charge in [0.1, 0.15) is 0 Å². The molecule has 84 valence electrons. The summed E-state index contributed by atoms with van der Waals surface area (Å²) in [5, 5.41) is 5.86. The predicted molar refractivity (Wildman–Crippen MR) is 67.8 cm³/mol. The van der Waals surface area contributed by atoms with Gasteiger partial charge in [0.25, 0.3) is 5.56 Å². The quantitative estimate of drug-likeness (QED) is 0.802. The molecule has 2 aromatic rings. The van der Waals surface area contributed by atoms with Crippen molar-refractivity contribution in [3.63, 3.8) is 0 Å². The first-order valence-electron chi connectivity index (χ1n) is 5.39. The standard InChI is InChI=1S/C11H13N3OS/c15-11-9-3-1-2-4-10(9)14(12-11)13-5-7-16-8-6-13/h1-4H,5-8H2,(H,12,15). The summed E-state index contributed by atoms with van der Waals surface area (Å²) in [6, 6.07) is 7.71. The maximum atomic E-state index is 11.7. The van der Waals surface area contributed by atoms with E-state index in [1.807, 2.05) is 40.8 Å². The Balaban J connectivity index is 2.12. The fraction of sp³-hybridized carbons (Fsp3) is 0.364. The number of aromatic nitrogens is 2. The van der Waals surface area contributed by atoms with Crippen LogP contribution in [0.1, 0.15) is 0 Å². The van der Waals surface area contributed by atoms with Crippen molar-refractivity contribution in [2.75, 3.05) is 29.6 Å². The molecule has 0 unspecified atom stereocenters. The summed E-state index contributed by atoms with van der Waals surface area (Å²) < 4.78 is 0. The monoisotopic (exact) mass is 235 g/mol. The molecule has 2 heterocycles. The van der Waals surface area contributed by atoms with E-state index in [2.05, 4.69) is 10.1 Å². The molecule has 3 rings (SSSR count). The first-order valence-corrected chi connectivity index (χ1v) is 6.54. The molecule has 4 nitrogen and oxygen atoms in total. The number of fused-ring (bicyclic) bond motifs is 1. The van der Waals surface area contributed by atoms with Crippen molar-refractivity contribution in [3.8, 4) is 0 Å². The maximum absolute atomic E-state index is 11.7. The van der Waals surface area contributed by atoms with Crippen molar-refractivity contribution in [2.45, 2.75) is 0 Å². The number of benzene rings is 1. The highest BCUT2D eigenvalue weighted by molar-refractivity contribution is 7.99. The van der Waals surface area contributed by atoms with Crippen LogP contribution >= 0.6 is 11.8 Å². The van der Waals surface area contributed by atoms with Gasteiger partial charge in [0, 0.05) is 24.6 Å². The average molecular weight is 235 g/mol. The molecule has 0 bridgehead atoms. The van der Waals surface area contributed by atoms with Crippen molar-refractivity contribution in [2.24, 2.45) is 0 Å². The van der Waals surface area contributed by atoms with E-state index < -0.39 is 0 Å². The fourth-order valence-corrected chi connectivity index (χ4v) is 2.93. The number of hydrogen-bond acceptors (Lipinski definition) is 3. The summed E-state index contributed by atoms with van der Waals surface area (Å²) in [4.78, 5) is 13.6. The number of nitrogens with one attached hydrogen (secondary N) is 1. The molecule has 0 atom stereocenters. The third kappa shape index (κ3) is 1.51. The van der Waals surface area contributed by atoms with Crippen LogP contribution in [0.4, 0.5) is 0 Å². The van der Waals surface area contributed by atoms with Gasteiger partial charge in [-0.3, -0.25) is 9.80 Å². The van der Waals surface area contributed by atoms with Crippen LogP contribution in [-0.4, -0.2) is 34.5 Å². The molecule has 0 amide bonds. The largest absolute Gasteiger partial charge is 0.296 e. The number of hydrogen-bond donors (Lipinski definition) is 1. The van der Waals surface area contributed by atoms with E-state index in [1.165, 1.54) is 0 Å². The third-order valence-corrected chi connectivity index (χ3v) is 3.80. The SMILES string of the molecule is O=c1[nH]n(N2CCSCC2)c2ccccc12. The Morgan fingerprint density at radius 1 is 1.19 bits per heavy atom. The highest BCUT2D eigenvalue weighted by Crippen LogP contribution is 2.13. The Hall–Kier alpha value is -1.36. The topological polar surface area (TPSA) is 41.0 Å². The van der Waals surface area contributed by atoms with E-state index in [9.17, 15) is 4.79 Å². The summed E-state index contributed by atoms with van der Waals surface area (Å²) in [5.41, 5.74) is 0.966. The molecule has 1 N–H and O–H groups in total. The van der Waals surface area contributed by atoms with E-state index in [1.54, 1.807) is 0 Å². The minimum Gasteiger partial charge on any atom is -0.296 e. The van der Waals surface area contributed by atoms with E-state index in [0.29, 0.717) is 0 Å². The summed E-state index contributed by atoms with van der Waals surface area (Å²) >= 11 is 1.96. The molecule has 0 spiro atoms. The molecule has 1 aromatic carbocycles. The Morgan fingerprint density at radius 3 is 2.75 bits per heavy atom. The van der Waals surface area contributed by atoms with Crippen molar-refractivity contribution in [1.29, 1.82) is 0 Å². The van der Waals surface area contributed by atoms with Crippen molar-refractivity contribution < 1.29 is 0 Å². The fourth-order valence-electron chi connectivity index (χ4n) is 2.04. The number of nitrogens with zero attached hydrogens (tertiary/aromatic N) is 2. The third-order valence-electron chi connectivity index (χ3n) is 2.85. The zero-order valence-electron chi connectivity index (χ0n) is 8.85. The van der Waals surface area contributed by atoms with Crippen LogP contribution in [0, 0.1) is 0 Å². The van der Waals surface area contributed by atoms with E-state index in [-0.39, 0.29) is 5.56 Å². The molecule has 0 saturated carbocycles. The van der Waals surface area contributed by atoms with Gasteiger partial charge in [0.15, 0.2) is 0 Å². The molecule has 16 heavy (non-hydrogen) atoms. The molecular weight excluding hydrogens is 222 g/mol. The minimum absolute atomic E-state index is 0.00572. The van der Waals surface area contributed by atoms with Gasteiger partial charge in [-0.1, -0.05) is 12.1 Å². The van der Waals surface area contributed by atoms with Crippen LogP contribution < -0.4 is 10.6 Å². The summed E-state index contributed by atoms with van der Waals surface area (Å²) in [6.45, 7) is 1.97. The number of thioether (sulfide) groups is 1. The number of H-pyrrole nitrogens is 1. The normalized spacial score (nSPS) is 16.9. The predicted octanol–water partition coefficient (Wildman–Crippen LogP) is 1.01. The van der Waals surface area contributed by atoms with Gasteiger partial charge < -0.3 is 0 Å². The van der Waals surface area contributed by atoms with Crippen LogP contribution in [0.3, 0.4) is 0 Å². The smallest absolute Gasteiger partial charge is 0.273 e. The molecule has 1 saturated heterocycles. The molecule has 1 aromatic heterocycles. The molecule has 0 aliphatic carbocycles. The minimum atomic E-state index is -0.00572. The molecule has 0 radical (unpaired) electrons. The van der Waals surface area contributed by atoms with Crippen LogP contribution in [-0.2, 0) is 0 Å². The number of para-hydroxylation sites is 1. The van der Waals surface area contributed by atoms with E-state index >= 15 is 0 Å². The van der Waals surface area contributed by atoms with Gasteiger partial charge in [0.05, 0.1) is 10.9 Å². The van der Waals surface area contributed by atoms with Crippen molar-refractivity contribution in [3.05, 3.63) is 34.6 Å². The Labute approximate surface area is 97.2 Å².